The molecule has 0 aromatic carbocycles. The van der Waals surface area contributed by atoms with E-state index in [1.807, 2.05) is 32.3 Å². The Hall–Kier alpha value is -1.28. The second-order valence-corrected chi connectivity index (χ2v) is 6.16. The first-order chi connectivity index (χ1) is 9.91. The molecular weight excluding hydrogens is 290 g/mol. The Morgan fingerprint density at radius 2 is 2.10 bits per heavy atom. The van der Waals surface area contributed by atoms with Gasteiger partial charge in [-0.05, 0) is 34.1 Å². The average molecular weight is 315 g/mol. The summed E-state index contributed by atoms with van der Waals surface area (Å²) in [5, 5.41) is 11.4. The Labute approximate surface area is 130 Å². The predicted molar refractivity (Wildman–Crippen MR) is 84.3 cm³/mol. The summed E-state index contributed by atoms with van der Waals surface area (Å²) in [6, 6.07) is 0.166. The van der Waals surface area contributed by atoms with Gasteiger partial charge in [0, 0.05) is 19.2 Å². The molecule has 0 saturated heterocycles. The molecule has 21 heavy (non-hydrogen) atoms. The maximum absolute atomic E-state index is 11.7. The highest BCUT2D eigenvalue weighted by molar-refractivity contribution is 7.99. The van der Waals surface area contributed by atoms with Crippen molar-refractivity contribution in [3.05, 3.63) is 0 Å². The van der Waals surface area contributed by atoms with Crippen LogP contribution in [0.25, 0.3) is 0 Å². The highest BCUT2D eigenvalue weighted by Crippen LogP contribution is 2.22. The monoisotopic (exact) mass is 315 g/mol. The van der Waals surface area contributed by atoms with Crippen LogP contribution in [0.4, 0.5) is 5.95 Å². The Bertz CT molecular complexity index is 448. The van der Waals surface area contributed by atoms with Gasteiger partial charge in [-0.2, -0.15) is 0 Å². The topological polar surface area (TPSA) is 95.1 Å². The van der Waals surface area contributed by atoms with Crippen molar-refractivity contribution in [1.82, 2.24) is 20.1 Å². The smallest absolute Gasteiger partial charge is 0.230 e. The van der Waals surface area contributed by atoms with E-state index in [1.54, 1.807) is 0 Å². The second-order valence-electron chi connectivity index (χ2n) is 5.22. The third-order valence-corrected chi connectivity index (χ3v) is 3.58. The molecule has 1 aromatic rings. The molecule has 0 aliphatic rings. The molecule has 0 aliphatic carbocycles. The summed E-state index contributed by atoms with van der Waals surface area (Å²) < 4.78 is 7.22. The summed E-state index contributed by atoms with van der Waals surface area (Å²) in [6.45, 7) is 9.25. The zero-order valence-electron chi connectivity index (χ0n) is 13.1. The fourth-order valence-electron chi connectivity index (χ4n) is 1.67. The molecule has 0 atom stereocenters. The Morgan fingerprint density at radius 1 is 1.38 bits per heavy atom. The summed E-state index contributed by atoms with van der Waals surface area (Å²) in [4.78, 5) is 11.7. The van der Waals surface area contributed by atoms with Crippen LogP contribution < -0.4 is 11.1 Å². The summed E-state index contributed by atoms with van der Waals surface area (Å²) in [5.74, 6) is 0.649. The van der Waals surface area contributed by atoms with E-state index >= 15 is 0 Å². The van der Waals surface area contributed by atoms with Gasteiger partial charge in [-0.3, -0.25) is 9.36 Å². The van der Waals surface area contributed by atoms with E-state index in [4.69, 9.17) is 10.5 Å². The minimum atomic E-state index is -0.0265. The largest absolute Gasteiger partial charge is 0.379 e. The number of aromatic nitrogens is 3. The van der Waals surface area contributed by atoms with Gasteiger partial charge in [0.05, 0.1) is 11.9 Å². The molecule has 1 rings (SSSR count). The lowest BCUT2D eigenvalue weighted by Crippen LogP contribution is -2.27. The van der Waals surface area contributed by atoms with Gasteiger partial charge in [0.2, 0.25) is 11.9 Å². The molecule has 0 unspecified atom stereocenters. The molecule has 1 amide bonds. The first kappa shape index (κ1) is 17.8. The highest BCUT2D eigenvalue weighted by atomic mass is 32.2. The van der Waals surface area contributed by atoms with E-state index in [-0.39, 0.29) is 18.1 Å². The quantitative estimate of drug-likeness (QED) is 0.529. The third-order valence-electron chi connectivity index (χ3n) is 2.63. The first-order valence-electron chi connectivity index (χ1n) is 7.13. The van der Waals surface area contributed by atoms with E-state index in [1.165, 1.54) is 11.8 Å². The first-order valence-corrected chi connectivity index (χ1v) is 8.11. The average Bonchev–Trinajstić information content (AvgIpc) is 2.77. The van der Waals surface area contributed by atoms with Crippen molar-refractivity contribution in [2.75, 3.05) is 24.6 Å². The predicted octanol–water partition coefficient (Wildman–Crippen LogP) is 1.46. The molecule has 3 N–H and O–H groups in total. The summed E-state index contributed by atoms with van der Waals surface area (Å²) >= 11 is 1.34. The van der Waals surface area contributed by atoms with Gasteiger partial charge in [-0.1, -0.05) is 11.8 Å². The van der Waals surface area contributed by atoms with Gasteiger partial charge in [0.1, 0.15) is 0 Å². The zero-order chi connectivity index (χ0) is 15.8. The minimum absolute atomic E-state index is 0.0265. The van der Waals surface area contributed by atoms with Crippen molar-refractivity contribution in [2.24, 2.45) is 0 Å². The number of nitrogens with one attached hydrogen (secondary N) is 1. The van der Waals surface area contributed by atoms with Crippen LogP contribution >= 0.6 is 11.8 Å². The fourth-order valence-corrected chi connectivity index (χ4v) is 2.58. The van der Waals surface area contributed by atoms with Crippen molar-refractivity contribution in [2.45, 2.75) is 51.4 Å². The minimum Gasteiger partial charge on any atom is -0.379 e. The molecular formula is C13H25N5O2S. The van der Waals surface area contributed by atoms with Crippen LogP contribution in [0.5, 0.6) is 0 Å². The van der Waals surface area contributed by atoms with Crippen LogP contribution in [0.15, 0.2) is 5.16 Å². The molecule has 0 aliphatic heterocycles. The number of amides is 1. The number of thioether (sulfide) groups is 1. The molecule has 8 heteroatoms. The lowest BCUT2D eigenvalue weighted by atomic mass is 10.4. The zero-order valence-corrected chi connectivity index (χ0v) is 13.9. The van der Waals surface area contributed by atoms with Gasteiger partial charge in [0.25, 0.3) is 0 Å². The van der Waals surface area contributed by atoms with E-state index < -0.39 is 0 Å². The van der Waals surface area contributed by atoms with Crippen LogP contribution in [-0.2, 0) is 9.53 Å². The molecule has 1 heterocycles. The number of carbonyl (C=O) groups is 1. The number of anilines is 1. The number of rotatable bonds is 9. The number of ether oxygens (including phenoxy) is 1. The third kappa shape index (κ3) is 6.34. The summed E-state index contributed by atoms with van der Waals surface area (Å²) in [6.07, 6.45) is 1.04. The number of nitrogens with zero attached hydrogens (tertiary/aromatic N) is 3. The molecule has 1 aromatic heterocycles. The molecule has 0 spiro atoms. The van der Waals surface area contributed by atoms with E-state index in [0.717, 1.165) is 6.42 Å². The van der Waals surface area contributed by atoms with Crippen LogP contribution in [-0.4, -0.2) is 45.7 Å². The number of nitrogens with two attached hydrogens (primary N) is 1. The van der Waals surface area contributed by atoms with Crippen molar-refractivity contribution < 1.29 is 9.53 Å². The molecule has 0 fully saturated rings. The lowest BCUT2D eigenvalue weighted by Gasteiger charge is -2.11. The maximum Gasteiger partial charge on any atom is 0.230 e. The van der Waals surface area contributed by atoms with Crippen LogP contribution in [0.1, 0.15) is 40.2 Å². The van der Waals surface area contributed by atoms with Crippen molar-refractivity contribution in [3.63, 3.8) is 0 Å². The SMILES string of the molecule is CC(C)OCCCNC(=O)CSc1nnc(N)n1C(C)C. The van der Waals surface area contributed by atoms with E-state index in [0.29, 0.717) is 30.0 Å². The van der Waals surface area contributed by atoms with E-state index in [2.05, 4.69) is 15.5 Å². The van der Waals surface area contributed by atoms with Crippen molar-refractivity contribution >= 4 is 23.6 Å². The Kier molecular flexibility index (Phi) is 7.52. The van der Waals surface area contributed by atoms with Gasteiger partial charge in [-0.25, -0.2) is 0 Å². The number of nitrogen functional groups attached to an aromatic ring is 1. The van der Waals surface area contributed by atoms with Gasteiger partial charge < -0.3 is 15.8 Å². The normalized spacial score (nSPS) is 11.3. The Morgan fingerprint density at radius 3 is 2.71 bits per heavy atom. The van der Waals surface area contributed by atoms with Gasteiger partial charge in [0.15, 0.2) is 5.16 Å². The number of hydrogen-bond acceptors (Lipinski definition) is 6. The van der Waals surface area contributed by atoms with Crippen LogP contribution in [0, 0.1) is 0 Å². The molecule has 7 nitrogen and oxygen atoms in total. The lowest BCUT2D eigenvalue weighted by molar-refractivity contribution is -0.118. The molecule has 0 bridgehead atoms. The van der Waals surface area contributed by atoms with Crippen molar-refractivity contribution in [1.29, 1.82) is 0 Å². The maximum atomic E-state index is 11.7. The summed E-state index contributed by atoms with van der Waals surface area (Å²) in [5.41, 5.74) is 5.75. The second kappa shape index (κ2) is 8.89. The molecule has 120 valence electrons. The fraction of sp³-hybridized carbons (Fsp3) is 0.769. The number of hydrogen-bond donors (Lipinski definition) is 2. The van der Waals surface area contributed by atoms with Crippen LogP contribution in [0.3, 0.4) is 0 Å². The summed E-state index contributed by atoms with van der Waals surface area (Å²) in [7, 11) is 0. The number of carbonyl (C=O) groups excluding carboxylic acids is 1. The van der Waals surface area contributed by atoms with Crippen molar-refractivity contribution in [3.8, 4) is 0 Å². The van der Waals surface area contributed by atoms with E-state index in [9.17, 15) is 4.79 Å². The standard InChI is InChI=1S/C13H25N5O2S/c1-9(2)18-12(14)16-17-13(18)21-8-11(19)15-6-5-7-20-10(3)4/h9-10H,5-8H2,1-4H3,(H2,14,16)(H,15,19). The molecule has 0 radical (unpaired) electrons. The highest BCUT2D eigenvalue weighted by Gasteiger charge is 2.14. The Balaban J connectivity index is 2.27. The van der Waals surface area contributed by atoms with Gasteiger partial charge in [-0.15, -0.1) is 10.2 Å². The van der Waals surface area contributed by atoms with Crippen LogP contribution in [0.2, 0.25) is 0 Å². The van der Waals surface area contributed by atoms with Gasteiger partial charge >= 0.3 is 0 Å². The molecule has 0 saturated carbocycles.